The smallest absolute Gasteiger partial charge is 0.341 e. The zero-order valence-corrected chi connectivity index (χ0v) is 16.4. The number of amides is 1. The molecule has 3 rings (SSSR count). The van der Waals surface area contributed by atoms with Crippen LogP contribution in [0.25, 0.3) is 10.9 Å². The number of fused-ring (bicyclic) bond motifs is 1. The van der Waals surface area contributed by atoms with Crippen LogP contribution in [0.3, 0.4) is 0 Å². The van der Waals surface area contributed by atoms with E-state index in [4.69, 9.17) is 16.3 Å². The Morgan fingerprint density at radius 3 is 2.78 bits per heavy atom. The minimum Gasteiger partial charge on any atom is -0.465 e. The molecular formula is C18H16ClN3O4S. The number of benzene rings is 1. The number of anilines is 1. The Morgan fingerprint density at radius 2 is 2.07 bits per heavy atom. The molecule has 0 aliphatic heterocycles. The number of nitrogens with zero attached hydrogens (tertiary/aromatic N) is 2. The fourth-order valence-corrected chi connectivity index (χ4v) is 3.86. The van der Waals surface area contributed by atoms with Gasteiger partial charge in [-0.1, -0.05) is 11.6 Å². The Labute approximate surface area is 163 Å². The van der Waals surface area contributed by atoms with Crippen molar-refractivity contribution >= 4 is 50.7 Å². The van der Waals surface area contributed by atoms with Crippen molar-refractivity contribution in [2.45, 2.75) is 20.4 Å². The number of rotatable bonds is 4. The van der Waals surface area contributed by atoms with Gasteiger partial charge < -0.3 is 10.1 Å². The van der Waals surface area contributed by atoms with Crippen molar-refractivity contribution in [1.82, 2.24) is 9.55 Å². The zero-order chi connectivity index (χ0) is 19.7. The van der Waals surface area contributed by atoms with Gasteiger partial charge >= 0.3 is 5.97 Å². The summed E-state index contributed by atoms with van der Waals surface area (Å²) in [6, 6.07) is 4.80. The summed E-state index contributed by atoms with van der Waals surface area (Å²) < 4.78 is 5.98. The lowest BCUT2D eigenvalue weighted by Crippen LogP contribution is -2.28. The van der Waals surface area contributed by atoms with E-state index in [1.54, 1.807) is 19.1 Å². The quantitative estimate of drug-likeness (QED) is 0.673. The fourth-order valence-electron chi connectivity index (χ4n) is 2.63. The Bertz CT molecular complexity index is 1120. The number of hydrogen-bond acceptors (Lipinski definition) is 6. The molecule has 9 heteroatoms. The maximum absolute atomic E-state index is 12.6. The topological polar surface area (TPSA) is 90.3 Å². The molecule has 2 heterocycles. The van der Waals surface area contributed by atoms with Crippen molar-refractivity contribution in [3.05, 3.63) is 55.9 Å². The van der Waals surface area contributed by atoms with Crippen molar-refractivity contribution < 1.29 is 14.3 Å². The highest BCUT2D eigenvalue weighted by Crippen LogP contribution is 2.32. The molecule has 0 spiro atoms. The lowest BCUT2D eigenvalue weighted by molar-refractivity contribution is -0.116. The Hall–Kier alpha value is -2.71. The summed E-state index contributed by atoms with van der Waals surface area (Å²) in [5.41, 5.74) is 1.20. The predicted molar refractivity (Wildman–Crippen MR) is 105 cm³/mol. The number of methoxy groups -OCH3 is 1. The van der Waals surface area contributed by atoms with Crippen molar-refractivity contribution in [3.8, 4) is 0 Å². The van der Waals surface area contributed by atoms with E-state index in [1.165, 1.54) is 35.4 Å². The minimum absolute atomic E-state index is 0.245. The van der Waals surface area contributed by atoms with Crippen LogP contribution in [0.1, 0.15) is 20.8 Å². The first-order valence-corrected chi connectivity index (χ1v) is 9.14. The van der Waals surface area contributed by atoms with Crippen molar-refractivity contribution in [2.75, 3.05) is 12.4 Å². The van der Waals surface area contributed by atoms with Crippen LogP contribution >= 0.6 is 22.9 Å². The second kappa shape index (κ2) is 7.50. The summed E-state index contributed by atoms with van der Waals surface area (Å²) in [4.78, 5) is 42.1. The number of aromatic nitrogens is 2. The van der Waals surface area contributed by atoms with Gasteiger partial charge in [-0.05, 0) is 37.6 Å². The maximum atomic E-state index is 12.6. The number of esters is 1. The highest BCUT2D eigenvalue weighted by atomic mass is 35.5. The molecule has 0 fully saturated rings. The molecule has 0 unspecified atom stereocenters. The summed E-state index contributed by atoms with van der Waals surface area (Å²) in [5.74, 6) is -0.974. The first-order valence-electron chi connectivity index (χ1n) is 7.94. The van der Waals surface area contributed by atoms with Gasteiger partial charge in [-0.25, -0.2) is 9.78 Å². The summed E-state index contributed by atoms with van der Waals surface area (Å²) in [6.07, 6.45) is 1.31. The molecule has 0 saturated carbocycles. The van der Waals surface area contributed by atoms with Gasteiger partial charge in [0.05, 0.1) is 29.9 Å². The molecule has 0 radical (unpaired) electrons. The van der Waals surface area contributed by atoms with Gasteiger partial charge in [-0.3, -0.25) is 14.2 Å². The van der Waals surface area contributed by atoms with Crippen LogP contribution in [0.2, 0.25) is 5.02 Å². The molecule has 0 aliphatic rings. The molecule has 27 heavy (non-hydrogen) atoms. The molecule has 0 bridgehead atoms. The first-order chi connectivity index (χ1) is 12.8. The van der Waals surface area contributed by atoms with Crippen LogP contribution in [0.4, 0.5) is 5.00 Å². The summed E-state index contributed by atoms with van der Waals surface area (Å²) in [7, 11) is 1.28. The standard InChI is InChI=1S/C18H16ClN3O4S/c1-9-10(2)27-16(15(9)18(25)26-3)21-14(23)7-22-8-20-13-5-4-11(19)6-12(13)17(22)24/h4-6,8H,7H2,1-3H3,(H,21,23). The van der Waals surface area contributed by atoms with Crippen molar-refractivity contribution in [3.63, 3.8) is 0 Å². The van der Waals surface area contributed by atoms with Crippen LogP contribution < -0.4 is 10.9 Å². The number of carbonyl (C=O) groups is 2. The van der Waals surface area contributed by atoms with Gasteiger partial charge in [0.2, 0.25) is 5.91 Å². The van der Waals surface area contributed by atoms with E-state index >= 15 is 0 Å². The van der Waals surface area contributed by atoms with Crippen LogP contribution in [-0.2, 0) is 16.1 Å². The average molecular weight is 406 g/mol. The van der Waals surface area contributed by atoms with Crippen LogP contribution in [0.5, 0.6) is 0 Å². The molecule has 2 aromatic heterocycles. The molecule has 0 aliphatic carbocycles. The first kappa shape index (κ1) is 19.1. The number of halogens is 1. The van der Waals surface area contributed by atoms with Crippen LogP contribution in [-0.4, -0.2) is 28.5 Å². The number of thiophene rings is 1. The second-order valence-electron chi connectivity index (χ2n) is 5.87. The van der Waals surface area contributed by atoms with Gasteiger partial charge in [-0.15, -0.1) is 11.3 Å². The third-order valence-corrected chi connectivity index (χ3v) is 5.49. The van der Waals surface area contributed by atoms with E-state index in [0.717, 1.165) is 10.4 Å². The van der Waals surface area contributed by atoms with Gasteiger partial charge in [0.1, 0.15) is 11.5 Å². The molecule has 1 amide bonds. The molecule has 140 valence electrons. The third-order valence-electron chi connectivity index (χ3n) is 4.13. The summed E-state index contributed by atoms with van der Waals surface area (Å²) in [6.45, 7) is 3.39. The van der Waals surface area contributed by atoms with Gasteiger partial charge in [0, 0.05) is 9.90 Å². The summed E-state index contributed by atoms with van der Waals surface area (Å²) in [5, 5.41) is 3.83. The number of ether oxygens (including phenoxy) is 1. The van der Waals surface area contributed by atoms with Gasteiger partial charge in [0.15, 0.2) is 0 Å². The maximum Gasteiger partial charge on any atom is 0.341 e. The molecule has 1 aromatic carbocycles. The van der Waals surface area contributed by atoms with E-state index in [1.807, 2.05) is 6.92 Å². The number of carbonyl (C=O) groups excluding carboxylic acids is 2. The van der Waals surface area contributed by atoms with Gasteiger partial charge in [0.25, 0.3) is 5.56 Å². The lowest BCUT2D eigenvalue weighted by atomic mass is 10.1. The third kappa shape index (κ3) is 3.72. The molecule has 0 saturated heterocycles. The molecule has 3 aromatic rings. The van der Waals surface area contributed by atoms with E-state index in [-0.39, 0.29) is 12.1 Å². The average Bonchev–Trinajstić information content (AvgIpc) is 2.91. The fraction of sp³-hybridized carbons (Fsp3) is 0.222. The SMILES string of the molecule is COC(=O)c1c(NC(=O)Cn2cnc3ccc(Cl)cc3c2=O)sc(C)c1C. The number of aryl methyl sites for hydroxylation is 1. The second-order valence-corrected chi connectivity index (χ2v) is 7.53. The Balaban J connectivity index is 1.88. The monoisotopic (exact) mass is 405 g/mol. The van der Waals surface area contributed by atoms with E-state index < -0.39 is 11.9 Å². The predicted octanol–water partition coefficient (Wildman–Crippen LogP) is 3.15. The Morgan fingerprint density at radius 1 is 1.33 bits per heavy atom. The van der Waals surface area contributed by atoms with Crippen molar-refractivity contribution in [2.24, 2.45) is 0 Å². The van der Waals surface area contributed by atoms with E-state index in [0.29, 0.717) is 26.5 Å². The number of hydrogen-bond donors (Lipinski definition) is 1. The van der Waals surface area contributed by atoms with Crippen LogP contribution in [0, 0.1) is 13.8 Å². The lowest BCUT2D eigenvalue weighted by Gasteiger charge is -2.08. The summed E-state index contributed by atoms with van der Waals surface area (Å²) >= 11 is 7.22. The highest BCUT2D eigenvalue weighted by Gasteiger charge is 2.21. The van der Waals surface area contributed by atoms with Gasteiger partial charge in [-0.2, -0.15) is 0 Å². The largest absolute Gasteiger partial charge is 0.465 e. The molecule has 1 N–H and O–H groups in total. The van der Waals surface area contributed by atoms with Crippen molar-refractivity contribution in [1.29, 1.82) is 0 Å². The molecule has 0 atom stereocenters. The van der Waals surface area contributed by atoms with Crippen LogP contribution in [0.15, 0.2) is 29.3 Å². The zero-order valence-electron chi connectivity index (χ0n) is 14.8. The van der Waals surface area contributed by atoms with E-state index in [2.05, 4.69) is 10.3 Å². The Kier molecular flexibility index (Phi) is 5.29. The highest BCUT2D eigenvalue weighted by molar-refractivity contribution is 7.16. The normalized spacial score (nSPS) is 10.8. The molecule has 7 nitrogen and oxygen atoms in total. The van der Waals surface area contributed by atoms with E-state index in [9.17, 15) is 14.4 Å². The number of nitrogens with one attached hydrogen (secondary N) is 1. The minimum atomic E-state index is -0.522. The molecular weight excluding hydrogens is 390 g/mol.